The number of oxazole rings is 1. The first kappa shape index (κ1) is 17.0. The fraction of sp³-hybridized carbons (Fsp3) is 0.0909. The van der Waals surface area contributed by atoms with E-state index in [1.807, 2.05) is 25.1 Å². The van der Waals surface area contributed by atoms with Crippen LogP contribution in [0.2, 0.25) is 0 Å². The number of benzene rings is 3. The molecule has 3 aromatic carbocycles. The topological polar surface area (TPSA) is 55.1 Å². The summed E-state index contributed by atoms with van der Waals surface area (Å²) in [6.45, 7) is 4.10. The fourth-order valence-electron chi connectivity index (χ4n) is 2.81. The lowest BCUT2D eigenvalue weighted by atomic mass is 10.1. The summed E-state index contributed by atoms with van der Waals surface area (Å²) in [6, 6.07) is 16.7. The summed E-state index contributed by atoms with van der Waals surface area (Å²) in [5, 5.41) is 2.79. The van der Waals surface area contributed by atoms with Gasteiger partial charge in [0.1, 0.15) is 11.3 Å². The summed E-state index contributed by atoms with van der Waals surface area (Å²) in [4.78, 5) is 16.8. The van der Waals surface area contributed by atoms with Crippen LogP contribution < -0.4 is 5.32 Å². The second kappa shape index (κ2) is 6.68. The predicted molar refractivity (Wildman–Crippen MR) is 103 cm³/mol. The molecule has 0 saturated heterocycles. The average molecular weight is 360 g/mol. The number of fused-ring (bicyclic) bond motifs is 1. The standard InChI is InChI=1S/C22H17FN2O2/c1-13-3-4-16(11-14(13)2)22-25-19-12-18(9-10-20(19)27-22)24-21(26)15-5-7-17(23)8-6-15/h3-12H,1-2H3,(H,24,26). The highest BCUT2D eigenvalue weighted by Gasteiger charge is 2.11. The molecule has 134 valence electrons. The molecule has 0 unspecified atom stereocenters. The number of hydrogen-bond donors (Lipinski definition) is 1. The van der Waals surface area contributed by atoms with Gasteiger partial charge < -0.3 is 9.73 Å². The van der Waals surface area contributed by atoms with Crippen molar-refractivity contribution in [3.05, 3.63) is 83.2 Å². The zero-order valence-corrected chi connectivity index (χ0v) is 14.9. The van der Waals surface area contributed by atoms with Crippen molar-refractivity contribution in [2.24, 2.45) is 0 Å². The summed E-state index contributed by atoms with van der Waals surface area (Å²) >= 11 is 0. The third-order valence-corrected chi connectivity index (χ3v) is 4.51. The lowest BCUT2D eigenvalue weighted by Gasteiger charge is -2.04. The van der Waals surface area contributed by atoms with Gasteiger partial charge in [0.15, 0.2) is 5.58 Å². The van der Waals surface area contributed by atoms with Crippen molar-refractivity contribution in [2.75, 3.05) is 5.32 Å². The van der Waals surface area contributed by atoms with Crippen molar-refractivity contribution >= 4 is 22.7 Å². The van der Waals surface area contributed by atoms with Crippen LogP contribution in [0, 0.1) is 19.7 Å². The molecule has 1 aromatic heterocycles. The third kappa shape index (κ3) is 3.44. The molecular weight excluding hydrogens is 343 g/mol. The van der Waals surface area contributed by atoms with Crippen molar-refractivity contribution in [3.63, 3.8) is 0 Å². The number of carbonyl (C=O) groups is 1. The minimum Gasteiger partial charge on any atom is -0.436 e. The van der Waals surface area contributed by atoms with E-state index in [1.165, 1.54) is 35.4 Å². The Morgan fingerprint density at radius 2 is 1.74 bits per heavy atom. The molecule has 0 aliphatic rings. The summed E-state index contributed by atoms with van der Waals surface area (Å²) in [5.41, 5.74) is 5.56. The van der Waals surface area contributed by atoms with E-state index >= 15 is 0 Å². The highest BCUT2D eigenvalue weighted by molar-refractivity contribution is 6.04. The van der Waals surface area contributed by atoms with Gasteiger partial charge in [-0.15, -0.1) is 0 Å². The monoisotopic (exact) mass is 360 g/mol. The van der Waals surface area contributed by atoms with Gasteiger partial charge in [0.25, 0.3) is 5.91 Å². The largest absolute Gasteiger partial charge is 0.436 e. The van der Waals surface area contributed by atoms with Crippen LogP contribution >= 0.6 is 0 Å². The van der Waals surface area contributed by atoms with Crippen molar-refractivity contribution in [3.8, 4) is 11.5 Å². The second-order valence-electron chi connectivity index (χ2n) is 6.46. The number of aryl methyl sites for hydroxylation is 2. The minimum absolute atomic E-state index is 0.313. The zero-order chi connectivity index (χ0) is 19.0. The Morgan fingerprint density at radius 3 is 2.48 bits per heavy atom. The van der Waals surface area contributed by atoms with Gasteiger partial charge >= 0.3 is 0 Å². The number of amides is 1. The van der Waals surface area contributed by atoms with Gasteiger partial charge in [-0.25, -0.2) is 9.37 Å². The van der Waals surface area contributed by atoms with E-state index in [0.717, 1.165) is 5.56 Å². The van der Waals surface area contributed by atoms with Crippen LogP contribution in [0.25, 0.3) is 22.6 Å². The Morgan fingerprint density at radius 1 is 0.963 bits per heavy atom. The van der Waals surface area contributed by atoms with E-state index < -0.39 is 0 Å². The van der Waals surface area contributed by atoms with Gasteiger partial charge in [-0.05, 0) is 79.6 Å². The van der Waals surface area contributed by atoms with Crippen LogP contribution in [0.3, 0.4) is 0 Å². The van der Waals surface area contributed by atoms with Gasteiger partial charge in [0, 0.05) is 16.8 Å². The van der Waals surface area contributed by atoms with Crippen molar-refractivity contribution in [1.82, 2.24) is 4.98 Å². The molecule has 1 N–H and O–H groups in total. The Hall–Kier alpha value is -3.47. The Balaban J connectivity index is 1.61. The molecule has 4 rings (SSSR count). The average Bonchev–Trinajstić information content (AvgIpc) is 3.08. The second-order valence-corrected chi connectivity index (χ2v) is 6.46. The number of aromatic nitrogens is 1. The Labute approximate surface area is 155 Å². The normalized spacial score (nSPS) is 10.9. The van der Waals surface area contributed by atoms with E-state index in [1.54, 1.807) is 18.2 Å². The van der Waals surface area contributed by atoms with Gasteiger partial charge in [0.2, 0.25) is 5.89 Å². The highest BCUT2D eigenvalue weighted by atomic mass is 19.1. The number of nitrogens with one attached hydrogen (secondary N) is 1. The van der Waals surface area contributed by atoms with Crippen LogP contribution in [-0.4, -0.2) is 10.9 Å². The van der Waals surface area contributed by atoms with E-state index in [4.69, 9.17) is 4.42 Å². The summed E-state index contributed by atoms with van der Waals surface area (Å²) in [5.74, 6) is -0.156. The molecule has 1 heterocycles. The lowest BCUT2D eigenvalue weighted by molar-refractivity contribution is 0.102. The SMILES string of the molecule is Cc1ccc(-c2nc3cc(NC(=O)c4ccc(F)cc4)ccc3o2)cc1C. The molecule has 0 bridgehead atoms. The quantitative estimate of drug-likeness (QED) is 0.525. The summed E-state index contributed by atoms with van der Waals surface area (Å²) < 4.78 is 18.8. The van der Waals surface area contributed by atoms with Crippen molar-refractivity contribution in [1.29, 1.82) is 0 Å². The van der Waals surface area contributed by atoms with E-state index in [0.29, 0.717) is 28.2 Å². The fourth-order valence-corrected chi connectivity index (χ4v) is 2.81. The van der Waals surface area contributed by atoms with E-state index in [9.17, 15) is 9.18 Å². The summed E-state index contributed by atoms with van der Waals surface area (Å²) in [6.07, 6.45) is 0. The molecule has 5 heteroatoms. The van der Waals surface area contributed by atoms with E-state index in [2.05, 4.69) is 17.2 Å². The van der Waals surface area contributed by atoms with Crippen LogP contribution in [0.4, 0.5) is 10.1 Å². The van der Waals surface area contributed by atoms with Gasteiger partial charge in [0.05, 0.1) is 0 Å². The van der Waals surface area contributed by atoms with Gasteiger partial charge in [-0.2, -0.15) is 0 Å². The number of rotatable bonds is 3. The lowest BCUT2D eigenvalue weighted by Crippen LogP contribution is -2.11. The molecule has 0 aliphatic carbocycles. The first-order valence-electron chi connectivity index (χ1n) is 8.55. The van der Waals surface area contributed by atoms with Gasteiger partial charge in [-0.1, -0.05) is 6.07 Å². The molecule has 0 radical (unpaired) electrons. The Kier molecular flexibility index (Phi) is 4.20. The summed E-state index contributed by atoms with van der Waals surface area (Å²) in [7, 11) is 0. The number of halogens is 1. The predicted octanol–water partition coefficient (Wildman–Crippen LogP) is 5.50. The maximum absolute atomic E-state index is 13.0. The number of hydrogen-bond acceptors (Lipinski definition) is 3. The molecule has 1 amide bonds. The van der Waals surface area contributed by atoms with E-state index in [-0.39, 0.29) is 11.7 Å². The number of anilines is 1. The van der Waals surface area contributed by atoms with Crippen LogP contribution in [-0.2, 0) is 0 Å². The highest BCUT2D eigenvalue weighted by Crippen LogP contribution is 2.27. The van der Waals surface area contributed by atoms with Crippen LogP contribution in [0.15, 0.2) is 65.1 Å². The smallest absolute Gasteiger partial charge is 0.255 e. The minimum atomic E-state index is -0.380. The molecule has 0 saturated carbocycles. The maximum Gasteiger partial charge on any atom is 0.255 e. The molecule has 27 heavy (non-hydrogen) atoms. The Bertz CT molecular complexity index is 1150. The van der Waals surface area contributed by atoms with Crippen molar-refractivity contribution in [2.45, 2.75) is 13.8 Å². The van der Waals surface area contributed by atoms with Gasteiger partial charge in [-0.3, -0.25) is 4.79 Å². The van der Waals surface area contributed by atoms with Crippen LogP contribution in [0.5, 0.6) is 0 Å². The number of nitrogens with zero attached hydrogens (tertiary/aromatic N) is 1. The zero-order valence-electron chi connectivity index (χ0n) is 14.9. The molecule has 0 spiro atoms. The first-order chi connectivity index (χ1) is 13.0. The molecular formula is C22H17FN2O2. The molecule has 0 atom stereocenters. The molecule has 4 nitrogen and oxygen atoms in total. The van der Waals surface area contributed by atoms with Crippen molar-refractivity contribution < 1.29 is 13.6 Å². The van der Waals surface area contributed by atoms with Crippen LogP contribution in [0.1, 0.15) is 21.5 Å². The first-order valence-corrected chi connectivity index (χ1v) is 8.55. The maximum atomic E-state index is 13.0. The molecule has 0 aliphatic heterocycles. The number of carbonyl (C=O) groups excluding carboxylic acids is 1. The molecule has 0 fully saturated rings. The third-order valence-electron chi connectivity index (χ3n) is 4.51. The molecule has 4 aromatic rings.